The Balaban J connectivity index is 1.87. The van der Waals surface area contributed by atoms with Crippen LogP contribution < -0.4 is 0 Å². The zero-order chi connectivity index (χ0) is 14.2. The molecule has 0 amide bonds. The Kier molecular flexibility index (Phi) is 3.70. The molecule has 0 radical (unpaired) electrons. The second kappa shape index (κ2) is 5.34. The van der Waals surface area contributed by atoms with Gasteiger partial charge in [0.25, 0.3) is 0 Å². The summed E-state index contributed by atoms with van der Waals surface area (Å²) in [5, 5.41) is 13.0. The van der Waals surface area contributed by atoms with E-state index in [0.717, 1.165) is 11.3 Å². The van der Waals surface area contributed by atoms with Crippen molar-refractivity contribution in [2.75, 3.05) is 0 Å². The summed E-state index contributed by atoms with van der Waals surface area (Å²) in [5.41, 5.74) is 3.42. The van der Waals surface area contributed by atoms with Crippen molar-refractivity contribution in [1.82, 2.24) is 0 Å². The van der Waals surface area contributed by atoms with E-state index in [1.54, 1.807) is 11.3 Å². The molecular formula is C18H22OS. The van der Waals surface area contributed by atoms with Crippen LogP contribution in [0.3, 0.4) is 0 Å². The lowest BCUT2D eigenvalue weighted by Crippen LogP contribution is -2.25. The molecule has 1 aliphatic rings. The van der Waals surface area contributed by atoms with Gasteiger partial charge in [-0.05, 0) is 73.6 Å². The van der Waals surface area contributed by atoms with Crippen molar-refractivity contribution in [1.29, 1.82) is 0 Å². The number of benzene rings is 1. The van der Waals surface area contributed by atoms with Gasteiger partial charge >= 0.3 is 0 Å². The zero-order valence-corrected chi connectivity index (χ0v) is 13.0. The first-order chi connectivity index (χ1) is 9.58. The SMILES string of the molecule is Cc1ccsc1C(C)(O)CC1CCCc2ccccc21. The van der Waals surface area contributed by atoms with Crippen LogP contribution in [0.4, 0.5) is 0 Å². The second-order valence-corrected chi connectivity index (χ2v) is 7.11. The van der Waals surface area contributed by atoms with Gasteiger partial charge in [-0.3, -0.25) is 0 Å². The Morgan fingerprint density at radius 2 is 2.10 bits per heavy atom. The summed E-state index contributed by atoms with van der Waals surface area (Å²) in [6.07, 6.45) is 4.44. The summed E-state index contributed by atoms with van der Waals surface area (Å²) in [6, 6.07) is 10.8. The van der Waals surface area contributed by atoms with Crippen LogP contribution in [0.2, 0.25) is 0 Å². The molecule has 2 heteroatoms. The Hall–Kier alpha value is -1.12. The van der Waals surface area contributed by atoms with Gasteiger partial charge in [-0.1, -0.05) is 24.3 Å². The highest BCUT2D eigenvalue weighted by Crippen LogP contribution is 2.42. The Morgan fingerprint density at radius 1 is 1.30 bits per heavy atom. The second-order valence-electron chi connectivity index (χ2n) is 6.20. The average Bonchev–Trinajstić information content (AvgIpc) is 2.86. The maximum absolute atomic E-state index is 10.9. The summed E-state index contributed by atoms with van der Waals surface area (Å²) < 4.78 is 0. The smallest absolute Gasteiger partial charge is 0.0968 e. The van der Waals surface area contributed by atoms with Crippen LogP contribution in [0.5, 0.6) is 0 Å². The van der Waals surface area contributed by atoms with Gasteiger partial charge in [0, 0.05) is 4.88 Å². The number of aryl methyl sites for hydroxylation is 2. The van der Waals surface area contributed by atoms with Crippen molar-refractivity contribution in [3.63, 3.8) is 0 Å². The third kappa shape index (κ3) is 2.55. The standard InChI is InChI=1S/C18H22OS/c1-13-10-11-20-17(13)18(2,19)12-15-8-5-7-14-6-3-4-9-16(14)15/h3-4,6,9-11,15,19H,5,7-8,12H2,1-2H3. The van der Waals surface area contributed by atoms with Crippen LogP contribution in [0, 0.1) is 6.92 Å². The Labute approximate surface area is 125 Å². The lowest BCUT2D eigenvalue weighted by Gasteiger charge is -2.32. The number of aliphatic hydroxyl groups is 1. The van der Waals surface area contributed by atoms with E-state index in [9.17, 15) is 5.11 Å². The van der Waals surface area contributed by atoms with Crippen LogP contribution in [-0.2, 0) is 12.0 Å². The summed E-state index contributed by atoms with van der Waals surface area (Å²) in [4.78, 5) is 1.13. The van der Waals surface area contributed by atoms with Crippen LogP contribution in [-0.4, -0.2) is 5.11 Å². The van der Waals surface area contributed by atoms with Crippen molar-refractivity contribution in [2.24, 2.45) is 0 Å². The summed E-state index contributed by atoms with van der Waals surface area (Å²) in [6.45, 7) is 4.07. The molecule has 2 unspecified atom stereocenters. The molecule has 0 aliphatic heterocycles. The molecule has 2 aromatic rings. The molecule has 1 aromatic carbocycles. The molecule has 3 rings (SSSR count). The molecule has 20 heavy (non-hydrogen) atoms. The van der Waals surface area contributed by atoms with E-state index in [0.29, 0.717) is 5.92 Å². The minimum Gasteiger partial charge on any atom is -0.385 e. The fourth-order valence-corrected chi connectivity index (χ4v) is 4.56. The molecule has 0 spiro atoms. The molecule has 1 N–H and O–H groups in total. The predicted octanol–water partition coefficient (Wildman–Crippen LogP) is 4.77. The highest BCUT2D eigenvalue weighted by molar-refractivity contribution is 7.10. The lowest BCUT2D eigenvalue weighted by atomic mass is 9.76. The quantitative estimate of drug-likeness (QED) is 0.861. The first kappa shape index (κ1) is 13.8. The van der Waals surface area contributed by atoms with E-state index >= 15 is 0 Å². The van der Waals surface area contributed by atoms with Gasteiger partial charge in [0.2, 0.25) is 0 Å². The lowest BCUT2D eigenvalue weighted by molar-refractivity contribution is 0.0412. The molecular weight excluding hydrogens is 264 g/mol. The van der Waals surface area contributed by atoms with Crippen molar-refractivity contribution in [2.45, 2.75) is 51.0 Å². The third-order valence-electron chi connectivity index (χ3n) is 4.49. The van der Waals surface area contributed by atoms with Gasteiger partial charge in [0.15, 0.2) is 0 Å². The molecule has 1 heterocycles. The minimum atomic E-state index is -0.715. The van der Waals surface area contributed by atoms with Gasteiger partial charge in [0.05, 0.1) is 5.60 Å². The van der Waals surface area contributed by atoms with Gasteiger partial charge in [-0.15, -0.1) is 11.3 Å². The fraction of sp³-hybridized carbons (Fsp3) is 0.444. The van der Waals surface area contributed by atoms with E-state index in [1.807, 2.05) is 6.92 Å². The monoisotopic (exact) mass is 286 g/mol. The number of hydrogen-bond donors (Lipinski definition) is 1. The molecule has 0 bridgehead atoms. The fourth-order valence-electron chi connectivity index (χ4n) is 3.56. The van der Waals surface area contributed by atoms with E-state index in [4.69, 9.17) is 0 Å². The van der Waals surface area contributed by atoms with E-state index in [1.165, 1.54) is 36.0 Å². The van der Waals surface area contributed by atoms with Crippen LogP contribution in [0.1, 0.15) is 53.7 Å². The molecule has 0 saturated heterocycles. The molecule has 1 nitrogen and oxygen atoms in total. The van der Waals surface area contributed by atoms with Crippen molar-refractivity contribution in [3.05, 3.63) is 57.3 Å². The van der Waals surface area contributed by atoms with E-state index in [2.05, 4.69) is 42.6 Å². The maximum atomic E-state index is 10.9. The first-order valence-electron chi connectivity index (χ1n) is 7.43. The highest BCUT2D eigenvalue weighted by Gasteiger charge is 2.32. The van der Waals surface area contributed by atoms with Crippen LogP contribution in [0.15, 0.2) is 35.7 Å². The van der Waals surface area contributed by atoms with Crippen LogP contribution >= 0.6 is 11.3 Å². The van der Waals surface area contributed by atoms with E-state index in [-0.39, 0.29) is 0 Å². The summed E-state index contributed by atoms with van der Waals surface area (Å²) in [7, 11) is 0. The number of hydrogen-bond acceptors (Lipinski definition) is 2. The molecule has 2 atom stereocenters. The Morgan fingerprint density at radius 3 is 2.85 bits per heavy atom. The average molecular weight is 286 g/mol. The molecule has 0 fully saturated rings. The molecule has 0 saturated carbocycles. The predicted molar refractivity (Wildman–Crippen MR) is 85.4 cm³/mol. The number of fused-ring (bicyclic) bond motifs is 1. The van der Waals surface area contributed by atoms with Crippen molar-refractivity contribution >= 4 is 11.3 Å². The Bertz CT molecular complexity index is 597. The van der Waals surface area contributed by atoms with Crippen molar-refractivity contribution < 1.29 is 5.11 Å². The summed E-state index contributed by atoms with van der Waals surface area (Å²) in [5.74, 6) is 0.483. The number of thiophene rings is 1. The van der Waals surface area contributed by atoms with Crippen LogP contribution in [0.25, 0.3) is 0 Å². The van der Waals surface area contributed by atoms with Gasteiger partial charge < -0.3 is 5.11 Å². The molecule has 1 aromatic heterocycles. The zero-order valence-electron chi connectivity index (χ0n) is 12.2. The molecule has 1 aliphatic carbocycles. The van der Waals surface area contributed by atoms with E-state index < -0.39 is 5.60 Å². The first-order valence-corrected chi connectivity index (χ1v) is 8.30. The van der Waals surface area contributed by atoms with Gasteiger partial charge in [0.1, 0.15) is 0 Å². The number of rotatable bonds is 3. The van der Waals surface area contributed by atoms with Crippen molar-refractivity contribution in [3.8, 4) is 0 Å². The maximum Gasteiger partial charge on any atom is 0.0968 e. The third-order valence-corrected chi connectivity index (χ3v) is 5.76. The molecule has 106 valence electrons. The highest BCUT2D eigenvalue weighted by atomic mass is 32.1. The normalized spacial score (nSPS) is 21.2. The van der Waals surface area contributed by atoms with Gasteiger partial charge in [-0.25, -0.2) is 0 Å². The summed E-state index contributed by atoms with van der Waals surface area (Å²) >= 11 is 1.68. The largest absolute Gasteiger partial charge is 0.385 e. The minimum absolute atomic E-state index is 0.483. The topological polar surface area (TPSA) is 20.2 Å². The van der Waals surface area contributed by atoms with Gasteiger partial charge in [-0.2, -0.15) is 0 Å².